The van der Waals surface area contributed by atoms with Crippen LogP contribution < -0.4 is 4.74 Å². The van der Waals surface area contributed by atoms with Gasteiger partial charge in [-0.05, 0) is 36.1 Å². The van der Waals surface area contributed by atoms with Crippen LogP contribution in [-0.4, -0.2) is 18.5 Å². The van der Waals surface area contributed by atoms with Crippen LogP contribution in [0.2, 0.25) is 0 Å². The van der Waals surface area contributed by atoms with Crippen molar-refractivity contribution in [2.24, 2.45) is 0 Å². The van der Waals surface area contributed by atoms with E-state index < -0.39 is 0 Å². The molecule has 2 aliphatic carbocycles. The molecule has 6 aromatic carbocycles. The summed E-state index contributed by atoms with van der Waals surface area (Å²) in [5.41, 5.74) is 19.9. The van der Waals surface area contributed by atoms with Crippen molar-refractivity contribution in [3.8, 4) is 45.3 Å². The van der Waals surface area contributed by atoms with E-state index in [0.717, 1.165) is 74.6 Å². The van der Waals surface area contributed by atoms with Gasteiger partial charge in [0.2, 0.25) is 0 Å². The quantitative estimate of drug-likeness (QED) is 0.166. The topological polar surface area (TPSA) is 36.4 Å². The van der Waals surface area contributed by atoms with Crippen molar-refractivity contribution in [1.29, 1.82) is 0 Å². The Hall–Kier alpha value is -6.55. The Kier molecular flexibility index (Phi) is 9.54. The molecule has 0 unspecified atom stereocenters. The molecule has 4 aromatic heterocycles. The van der Waals surface area contributed by atoms with E-state index in [1.807, 2.05) is 0 Å². The van der Waals surface area contributed by atoms with Crippen molar-refractivity contribution < 1.29 is 24.1 Å². The molecule has 6 heteroatoms. The molecular formula is C56H46N4OPt. The molecule has 10 aromatic rings. The van der Waals surface area contributed by atoms with Crippen molar-refractivity contribution >= 4 is 27.3 Å². The average Bonchev–Trinajstić information content (AvgIpc) is 3.81. The summed E-state index contributed by atoms with van der Waals surface area (Å²) in [6.07, 6.45) is 6.33. The molecule has 306 valence electrons. The van der Waals surface area contributed by atoms with Crippen LogP contribution in [0.1, 0.15) is 44.8 Å². The normalized spacial score (nSPS) is 12.7. The summed E-state index contributed by atoms with van der Waals surface area (Å²) in [4.78, 5) is 5.29. The van der Waals surface area contributed by atoms with Crippen LogP contribution in [0, 0.1) is 31.5 Å². The average molecular weight is 986 g/mol. The Balaban J connectivity index is 0.995. The number of hydrogen-bond donors (Lipinski definition) is 0. The first-order valence-electron chi connectivity index (χ1n) is 21.5. The van der Waals surface area contributed by atoms with E-state index in [-0.39, 0.29) is 0 Å². The van der Waals surface area contributed by atoms with Crippen molar-refractivity contribution in [1.82, 2.24) is 18.5 Å². The molecule has 5 nitrogen and oxygen atoms in total. The van der Waals surface area contributed by atoms with E-state index in [1.165, 1.54) is 72.2 Å². The van der Waals surface area contributed by atoms with Crippen LogP contribution in [0.15, 0.2) is 158 Å². The molecule has 14 rings (SSSR count). The molecule has 2 aliphatic heterocycles. The van der Waals surface area contributed by atoms with Gasteiger partial charge in [-0.1, -0.05) is 66.7 Å². The van der Waals surface area contributed by atoms with Gasteiger partial charge in [0.1, 0.15) is 0 Å². The van der Waals surface area contributed by atoms with Crippen molar-refractivity contribution in [2.75, 3.05) is 0 Å². The van der Waals surface area contributed by atoms with Crippen LogP contribution in [0.3, 0.4) is 0 Å². The van der Waals surface area contributed by atoms with Crippen LogP contribution in [0.4, 0.5) is 0 Å². The van der Waals surface area contributed by atoms with E-state index in [9.17, 15) is 0 Å². The van der Waals surface area contributed by atoms with Crippen LogP contribution in [0.5, 0.6) is 11.5 Å². The minimum Gasteiger partial charge on any atom is -0.0622 e. The smallest absolute Gasteiger partial charge is 0.0622 e. The molecule has 0 amide bonds. The monoisotopic (exact) mass is 985 g/mol. The third-order valence-electron chi connectivity index (χ3n) is 13.1. The van der Waals surface area contributed by atoms with E-state index in [1.54, 1.807) is 0 Å². The Bertz CT molecular complexity index is 3420. The second kappa shape index (κ2) is 15.4. The van der Waals surface area contributed by atoms with Crippen molar-refractivity contribution in [3.05, 3.63) is 206 Å². The van der Waals surface area contributed by atoms with Gasteiger partial charge in [0.05, 0.1) is 0 Å². The predicted octanol–water partition coefficient (Wildman–Crippen LogP) is 13.5. The molecule has 6 heterocycles. The molecule has 4 bridgehead atoms. The fourth-order valence-electron chi connectivity index (χ4n) is 9.78. The number of rotatable bonds is 6. The molecule has 0 radical (unpaired) electrons. The van der Waals surface area contributed by atoms with Gasteiger partial charge in [0.15, 0.2) is 0 Å². The Labute approximate surface area is 373 Å². The number of nitrogens with zero attached hydrogens (tertiary/aromatic N) is 4. The number of aryl methyl sites for hydroxylation is 6. The van der Waals surface area contributed by atoms with E-state index in [0.29, 0.717) is 0 Å². The maximum atomic E-state index is 6.80. The standard InChI is InChI=1S/C56H46N4O.Pt/c1-36-30-55(57-39(4)56(36)44-14-9-6-10-15-44)60-52-29-24-45(42-12-7-5-8-13-42)31-51(52)50-28-27-49(33-53(50)60)61-48-17-11-16-47(32-48)58-34-54-43-21-20-40-18-19-41(38(3)37(40)2)22-25-46(26-23-43)59(54)35-58;/h5-19,23-24,26-34H,20-22,25H2,1-4H3;. The second-order valence-corrected chi connectivity index (χ2v) is 17.8. The second-order valence-electron chi connectivity index (χ2n) is 16.8. The van der Waals surface area contributed by atoms with Crippen LogP contribution in [-0.2, 0) is 45.0 Å². The first-order chi connectivity index (χ1) is 30.3. The molecule has 0 N–H and O–H groups in total. The predicted molar refractivity (Wildman–Crippen MR) is 250 cm³/mol. The molecule has 0 saturated heterocycles. The van der Waals surface area contributed by atoms with Gasteiger partial charge in [-0.25, -0.2) is 0 Å². The van der Waals surface area contributed by atoms with Gasteiger partial charge in [0, 0.05) is 11.3 Å². The molecule has 0 saturated carbocycles. The third kappa shape index (κ3) is 6.58. The Morgan fingerprint density at radius 1 is 0.532 bits per heavy atom. The summed E-state index contributed by atoms with van der Waals surface area (Å²) in [5.74, 6) is 2.44. The summed E-state index contributed by atoms with van der Waals surface area (Å²) in [7, 11) is 0. The summed E-state index contributed by atoms with van der Waals surface area (Å²) < 4.78 is 15.1. The first kappa shape index (κ1) is 38.4. The number of benzene rings is 6. The summed E-state index contributed by atoms with van der Waals surface area (Å²) in [6, 6.07) is 54.5. The first-order valence-corrected chi connectivity index (χ1v) is 22.7. The summed E-state index contributed by atoms with van der Waals surface area (Å²) >= 11 is 2.51. The van der Waals surface area contributed by atoms with Gasteiger partial charge in [-0.2, -0.15) is 0 Å². The fraction of sp³-hybridized carbons (Fsp3) is 0.143. The summed E-state index contributed by atoms with van der Waals surface area (Å²) in [5, 5.41) is 2.33. The number of imidazole rings is 1. The number of fused-ring (bicyclic) bond motifs is 3. The third-order valence-corrected chi connectivity index (χ3v) is 14.2. The van der Waals surface area contributed by atoms with Crippen molar-refractivity contribution in [3.63, 3.8) is 0 Å². The van der Waals surface area contributed by atoms with E-state index >= 15 is 0 Å². The molecule has 0 atom stereocenters. The van der Waals surface area contributed by atoms with Crippen molar-refractivity contribution in [2.45, 2.75) is 53.4 Å². The zero-order valence-electron chi connectivity index (χ0n) is 35.4. The molecule has 0 fully saturated rings. The number of ether oxygens (including phenoxy) is 1. The number of pyridine rings is 2. The van der Waals surface area contributed by atoms with Gasteiger partial charge in [0.25, 0.3) is 0 Å². The fourth-order valence-corrected chi connectivity index (χ4v) is 10.8. The Morgan fingerprint density at radius 3 is 1.98 bits per heavy atom. The molecule has 4 aliphatic rings. The van der Waals surface area contributed by atoms with Crippen LogP contribution in [0.25, 0.3) is 61.1 Å². The van der Waals surface area contributed by atoms with E-state index in [4.69, 9.17) is 9.72 Å². The van der Waals surface area contributed by atoms with Gasteiger partial charge < -0.3 is 0 Å². The zero-order valence-corrected chi connectivity index (χ0v) is 37.6. The number of aromatic nitrogens is 4. The zero-order chi connectivity index (χ0) is 42.1. The molecular weight excluding hydrogens is 940 g/mol. The van der Waals surface area contributed by atoms with Gasteiger partial charge >= 0.3 is 261 Å². The SMILES string of the molecule is Cc1cc(-n2c3ccc(-c4ccccc4)cc3c3ccc(Oc4cccc(-n5cc6c7ccc(n6[c]5=[Pt])CCc5ccc(c(C)c5C)CC7)c4)cc32)nc(C)c1-c1ccccc1. The number of hydrogen-bond acceptors (Lipinski definition) is 2. The Morgan fingerprint density at radius 2 is 1.23 bits per heavy atom. The van der Waals surface area contributed by atoms with Gasteiger partial charge in [-0.15, -0.1) is 0 Å². The van der Waals surface area contributed by atoms with E-state index in [2.05, 4.69) is 218 Å². The maximum absolute atomic E-state index is 6.80. The minimum absolute atomic E-state index is 0.769. The molecule has 0 spiro atoms. The van der Waals surface area contributed by atoms with Crippen LogP contribution >= 0.6 is 0 Å². The molecule has 62 heavy (non-hydrogen) atoms. The summed E-state index contributed by atoms with van der Waals surface area (Å²) in [6.45, 7) is 8.90. The van der Waals surface area contributed by atoms with Gasteiger partial charge in [-0.3, -0.25) is 0 Å². The minimum atomic E-state index is 0.769.